The lowest BCUT2D eigenvalue weighted by molar-refractivity contribution is -0.139. The molecule has 0 fully saturated rings. The van der Waals surface area contributed by atoms with E-state index >= 15 is 0 Å². The molecule has 3 unspecified atom stereocenters. The maximum absolute atomic E-state index is 11.5. The second-order valence-electron chi connectivity index (χ2n) is 8.59. The lowest BCUT2D eigenvalue weighted by atomic mass is 10.0. The molecule has 0 radical (unpaired) electrons. The van der Waals surface area contributed by atoms with E-state index in [1.54, 1.807) is 11.8 Å². The van der Waals surface area contributed by atoms with Gasteiger partial charge in [0.2, 0.25) is 0 Å². The van der Waals surface area contributed by atoms with Gasteiger partial charge in [0.15, 0.2) is 0 Å². The molecule has 29 heavy (non-hydrogen) atoms. The van der Waals surface area contributed by atoms with Crippen LogP contribution in [0.4, 0.5) is 0 Å². The molecule has 0 bridgehead atoms. The number of nitrogens with one attached hydrogen (secondary N) is 2. The van der Waals surface area contributed by atoms with Gasteiger partial charge in [0.25, 0.3) is 0 Å². The highest BCUT2D eigenvalue weighted by Gasteiger charge is 2.25. The van der Waals surface area contributed by atoms with Gasteiger partial charge in [-0.1, -0.05) is 103 Å². The van der Waals surface area contributed by atoms with Crippen molar-refractivity contribution in [1.82, 2.24) is 10.6 Å². The molecule has 0 aromatic carbocycles. The molecule has 3 atom stereocenters. The van der Waals surface area contributed by atoms with Gasteiger partial charge in [-0.25, -0.2) is 0 Å². The number of aliphatic carboxylic acids is 1. The van der Waals surface area contributed by atoms with E-state index in [2.05, 4.69) is 30.6 Å². The first-order valence-corrected chi connectivity index (χ1v) is 13.3. The van der Waals surface area contributed by atoms with Gasteiger partial charge in [-0.2, -0.15) is 11.8 Å². The summed E-state index contributed by atoms with van der Waals surface area (Å²) >= 11 is 1.77. The van der Waals surface area contributed by atoms with Crippen molar-refractivity contribution in [3.05, 3.63) is 12.3 Å². The molecule has 0 aromatic heterocycles. The molecule has 0 saturated carbocycles. The van der Waals surface area contributed by atoms with E-state index in [0.29, 0.717) is 11.7 Å². The zero-order valence-electron chi connectivity index (χ0n) is 19.0. The van der Waals surface area contributed by atoms with Crippen LogP contribution in [0.1, 0.15) is 104 Å². The van der Waals surface area contributed by atoms with E-state index in [0.717, 1.165) is 5.75 Å². The molecule has 0 aliphatic carbocycles. The van der Waals surface area contributed by atoms with Crippen LogP contribution >= 0.6 is 11.8 Å². The lowest BCUT2D eigenvalue weighted by Crippen LogP contribution is -2.51. The highest BCUT2D eigenvalue weighted by molar-refractivity contribution is 7.99. The number of rotatable bonds is 20. The van der Waals surface area contributed by atoms with Crippen molar-refractivity contribution in [3.63, 3.8) is 0 Å². The highest BCUT2D eigenvalue weighted by atomic mass is 32.2. The maximum Gasteiger partial charge on any atom is 0.321 e. The quantitative estimate of drug-likeness (QED) is 0.199. The first-order chi connectivity index (χ1) is 14.1. The Hall–Kier alpha value is -0.680. The summed E-state index contributed by atoms with van der Waals surface area (Å²) in [4.78, 5) is 11.5. The summed E-state index contributed by atoms with van der Waals surface area (Å²) in [6.07, 6.45) is 23.3. The number of carbonyl (C=O) groups is 1. The molecule has 0 aromatic rings. The third-order valence-corrected chi connectivity index (χ3v) is 6.95. The molecule has 0 spiro atoms. The number of carboxylic acids is 1. The summed E-state index contributed by atoms with van der Waals surface area (Å²) in [5.74, 6) is 1.28. The van der Waals surface area contributed by atoms with Gasteiger partial charge >= 0.3 is 5.97 Å². The van der Waals surface area contributed by atoms with Crippen LogP contribution in [0, 0.1) is 5.92 Å². The zero-order valence-corrected chi connectivity index (χ0v) is 19.8. The van der Waals surface area contributed by atoms with Gasteiger partial charge in [0.1, 0.15) is 6.04 Å². The van der Waals surface area contributed by atoms with Gasteiger partial charge < -0.3 is 10.4 Å². The molecule has 5 heteroatoms. The molecule has 0 amide bonds. The molecule has 4 nitrogen and oxygen atoms in total. The summed E-state index contributed by atoms with van der Waals surface area (Å²) < 4.78 is 0. The van der Waals surface area contributed by atoms with Gasteiger partial charge in [-0.15, -0.1) is 0 Å². The standard InChI is InChI=1S/C24H46N2O2S/c1-3-4-5-6-7-8-9-10-11-12-13-14-15-16-19-29-20-22(24(27)28)26-23-21(2)17-18-25-23/h17-18,21-23,25-26H,3-16,19-20H2,1-2H3,(H,27,28). The average molecular weight is 427 g/mol. The molecule has 1 aliphatic rings. The van der Waals surface area contributed by atoms with Crippen LogP contribution in [0.5, 0.6) is 0 Å². The number of hydrogen-bond acceptors (Lipinski definition) is 4. The molecule has 1 aliphatic heterocycles. The fourth-order valence-electron chi connectivity index (χ4n) is 3.78. The maximum atomic E-state index is 11.5. The molecule has 170 valence electrons. The number of hydrogen-bond donors (Lipinski definition) is 3. The van der Waals surface area contributed by atoms with Gasteiger partial charge in [0, 0.05) is 11.7 Å². The fourth-order valence-corrected chi connectivity index (χ4v) is 4.83. The van der Waals surface area contributed by atoms with Crippen LogP contribution in [0.2, 0.25) is 0 Å². The fraction of sp³-hybridized carbons (Fsp3) is 0.875. The van der Waals surface area contributed by atoms with Crippen LogP contribution < -0.4 is 10.6 Å². The third kappa shape index (κ3) is 14.0. The topological polar surface area (TPSA) is 61.4 Å². The Morgan fingerprint density at radius 3 is 1.93 bits per heavy atom. The molecular formula is C24H46N2O2S. The van der Waals surface area contributed by atoms with Crippen molar-refractivity contribution in [2.24, 2.45) is 5.92 Å². The van der Waals surface area contributed by atoms with Crippen LogP contribution in [0.3, 0.4) is 0 Å². The summed E-state index contributed by atoms with van der Waals surface area (Å²) in [5.41, 5.74) is 0. The predicted octanol–water partition coefficient (Wildman–Crippen LogP) is 6.32. The Balaban J connectivity index is 1.85. The largest absolute Gasteiger partial charge is 0.480 e. The van der Waals surface area contributed by atoms with Crippen molar-refractivity contribution in [2.75, 3.05) is 11.5 Å². The number of thioether (sulfide) groups is 1. The Morgan fingerprint density at radius 2 is 1.48 bits per heavy atom. The van der Waals surface area contributed by atoms with Crippen LogP contribution in [0.15, 0.2) is 12.3 Å². The van der Waals surface area contributed by atoms with E-state index < -0.39 is 12.0 Å². The second-order valence-corrected chi connectivity index (χ2v) is 9.74. The normalized spacial score (nSPS) is 19.4. The first kappa shape index (κ1) is 26.4. The summed E-state index contributed by atoms with van der Waals surface area (Å²) in [5, 5.41) is 15.8. The molecule has 1 rings (SSSR count). The molecule has 0 saturated heterocycles. The van der Waals surface area contributed by atoms with Crippen molar-refractivity contribution in [3.8, 4) is 0 Å². The smallest absolute Gasteiger partial charge is 0.321 e. The van der Waals surface area contributed by atoms with E-state index in [-0.39, 0.29) is 6.17 Å². The minimum atomic E-state index is -0.751. The lowest BCUT2D eigenvalue weighted by Gasteiger charge is -2.23. The summed E-state index contributed by atoms with van der Waals surface area (Å²) in [6.45, 7) is 4.37. The highest BCUT2D eigenvalue weighted by Crippen LogP contribution is 2.15. The molecule has 1 heterocycles. The SMILES string of the molecule is CCCCCCCCCCCCCCCCSCC(NC1NC=CC1C)C(=O)O. The van der Waals surface area contributed by atoms with E-state index in [9.17, 15) is 9.90 Å². The van der Waals surface area contributed by atoms with E-state index in [1.165, 1.54) is 89.9 Å². The van der Waals surface area contributed by atoms with Crippen molar-refractivity contribution in [2.45, 2.75) is 116 Å². The van der Waals surface area contributed by atoms with Crippen molar-refractivity contribution >= 4 is 17.7 Å². The van der Waals surface area contributed by atoms with Crippen LogP contribution in [-0.2, 0) is 4.79 Å². The first-order valence-electron chi connectivity index (χ1n) is 12.1. The minimum absolute atomic E-state index is 0.0396. The molecule has 3 N–H and O–H groups in total. The Bertz CT molecular complexity index is 431. The second kappa shape index (κ2) is 18.1. The van der Waals surface area contributed by atoms with Crippen LogP contribution in [0.25, 0.3) is 0 Å². The minimum Gasteiger partial charge on any atom is -0.480 e. The van der Waals surface area contributed by atoms with Crippen molar-refractivity contribution < 1.29 is 9.90 Å². The third-order valence-electron chi connectivity index (χ3n) is 5.81. The number of carboxylic acid groups (broad SMARTS) is 1. The van der Waals surface area contributed by atoms with E-state index in [4.69, 9.17) is 0 Å². The Morgan fingerprint density at radius 1 is 0.966 bits per heavy atom. The van der Waals surface area contributed by atoms with Gasteiger partial charge in [0.05, 0.1) is 6.17 Å². The van der Waals surface area contributed by atoms with Gasteiger partial charge in [-0.05, 0) is 18.4 Å². The number of unbranched alkanes of at least 4 members (excludes halogenated alkanes) is 13. The molecular weight excluding hydrogens is 380 g/mol. The van der Waals surface area contributed by atoms with Gasteiger partial charge in [-0.3, -0.25) is 10.1 Å². The van der Waals surface area contributed by atoms with Crippen molar-refractivity contribution in [1.29, 1.82) is 0 Å². The Kier molecular flexibility index (Phi) is 16.5. The summed E-state index contributed by atoms with van der Waals surface area (Å²) in [6, 6.07) is -0.480. The predicted molar refractivity (Wildman–Crippen MR) is 127 cm³/mol. The monoisotopic (exact) mass is 426 g/mol. The zero-order chi connectivity index (χ0) is 21.2. The Labute approximate surface area is 184 Å². The average Bonchev–Trinajstić information content (AvgIpc) is 3.11. The summed E-state index contributed by atoms with van der Waals surface area (Å²) in [7, 11) is 0. The van der Waals surface area contributed by atoms with Crippen LogP contribution in [-0.4, -0.2) is 34.8 Å². The van der Waals surface area contributed by atoms with E-state index in [1.807, 2.05) is 6.20 Å².